The highest BCUT2D eigenvalue weighted by molar-refractivity contribution is 7.63. The zero-order valence-electron chi connectivity index (χ0n) is 27.5. The summed E-state index contributed by atoms with van der Waals surface area (Å²) >= 11 is 0. The molecule has 44 heavy (non-hydrogen) atoms. The third-order valence-electron chi connectivity index (χ3n) is 10.6. The van der Waals surface area contributed by atoms with Crippen LogP contribution in [-0.4, -0.2) is 85.3 Å². The van der Waals surface area contributed by atoms with Gasteiger partial charge in [-0.05, 0) is 114 Å². The molecule has 8 nitrogen and oxygen atoms in total. The van der Waals surface area contributed by atoms with E-state index >= 15 is 0 Å². The maximum absolute atomic E-state index is 13.2. The van der Waals surface area contributed by atoms with Gasteiger partial charge >= 0.3 is 23.9 Å². The fraction of sp³-hybridized carbons (Fsp3) is 0.882. The number of carbonyl (C=O) groups is 4. The highest BCUT2D eigenvalue weighted by atomic mass is 31.1. The Bertz CT molecular complexity index is 827. The summed E-state index contributed by atoms with van der Waals surface area (Å²) in [5.74, 6) is -0.722. The molecule has 250 valence electrons. The topological polar surface area (TPSA) is 105 Å². The number of hydrogen-bond donors (Lipinski definition) is 0. The molecule has 0 heterocycles. The van der Waals surface area contributed by atoms with E-state index in [1.807, 2.05) is 27.7 Å². The number of esters is 4. The molecule has 4 aliphatic rings. The first-order valence-corrected chi connectivity index (χ1v) is 20.9. The molecule has 0 amide bonds. The number of rotatable bonds is 15. The van der Waals surface area contributed by atoms with Gasteiger partial charge in [0.05, 0.1) is 50.1 Å². The molecule has 0 radical (unpaired) electrons. The molecule has 0 aliphatic heterocycles. The van der Waals surface area contributed by atoms with Gasteiger partial charge in [-0.15, -0.1) is 0 Å². The first kappa shape index (κ1) is 35.6. The highest BCUT2D eigenvalue weighted by Gasteiger charge is 2.50. The second-order valence-corrected chi connectivity index (χ2v) is 18.5. The quantitative estimate of drug-likeness (QED) is 0.107. The summed E-state index contributed by atoms with van der Waals surface area (Å²) in [5.41, 5.74) is 0.981. The van der Waals surface area contributed by atoms with E-state index < -0.39 is 15.8 Å². The van der Waals surface area contributed by atoms with E-state index in [4.69, 9.17) is 18.9 Å². The van der Waals surface area contributed by atoms with Gasteiger partial charge in [0.2, 0.25) is 0 Å². The van der Waals surface area contributed by atoms with Gasteiger partial charge in [-0.2, -0.15) is 0 Å². The largest absolute Gasteiger partial charge is 0.466 e. The minimum atomic E-state index is -0.680. The molecule has 0 aromatic rings. The van der Waals surface area contributed by atoms with Gasteiger partial charge in [0.1, 0.15) is 0 Å². The lowest BCUT2D eigenvalue weighted by Crippen LogP contribution is -2.34. The van der Waals surface area contributed by atoms with Crippen LogP contribution in [0.15, 0.2) is 0 Å². The lowest BCUT2D eigenvalue weighted by atomic mass is 10.1. The molecule has 0 N–H and O–H groups in total. The molecule has 4 unspecified atom stereocenters. The van der Waals surface area contributed by atoms with E-state index in [1.165, 1.54) is 0 Å². The van der Waals surface area contributed by atoms with Crippen molar-refractivity contribution in [2.24, 2.45) is 23.7 Å². The van der Waals surface area contributed by atoms with Gasteiger partial charge in [0, 0.05) is 0 Å². The lowest BCUT2D eigenvalue weighted by Gasteiger charge is -2.40. The second-order valence-electron chi connectivity index (χ2n) is 12.9. The first-order valence-electron chi connectivity index (χ1n) is 17.5. The maximum atomic E-state index is 13.2. The average molecular weight is 655 g/mol. The van der Waals surface area contributed by atoms with Gasteiger partial charge in [0.15, 0.2) is 0 Å². The Labute approximate surface area is 267 Å². The Morgan fingerprint density at radius 2 is 0.659 bits per heavy atom. The van der Waals surface area contributed by atoms with Crippen LogP contribution in [0, 0.1) is 23.7 Å². The minimum Gasteiger partial charge on any atom is -0.466 e. The standard InChI is InChI=1S/C34H56O8P2/c1-5-39-31(35)23-13-9-17-27(23)43(28-18-10-14-24(28)32(36)40-6-2)21-22-44(29-19-11-15-25(29)33(37)41-7-3)30-20-12-16-26(30)34(38)42-8-4/h23-30H,5-22H2,1-4H3/t23-,24-,25?,26?,27-,28+,29-,30+,43?,44?/m0/s1. The van der Waals surface area contributed by atoms with Crippen LogP contribution >= 0.6 is 15.8 Å². The Morgan fingerprint density at radius 3 is 0.864 bits per heavy atom. The van der Waals surface area contributed by atoms with Crippen LogP contribution in [0.2, 0.25) is 0 Å². The van der Waals surface area contributed by atoms with Crippen molar-refractivity contribution < 1.29 is 38.1 Å². The monoisotopic (exact) mass is 654 g/mol. The number of carbonyl (C=O) groups excluding carboxylic acids is 4. The molecule has 0 saturated heterocycles. The molecular weight excluding hydrogens is 598 g/mol. The van der Waals surface area contributed by atoms with Crippen molar-refractivity contribution >= 4 is 39.7 Å². The maximum Gasteiger partial charge on any atom is 0.309 e. The average Bonchev–Trinajstić information content (AvgIpc) is 3.83. The zero-order valence-corrected chi connectivity index (χ0v) is 29.3. The number of ether oxygens (including phenoxy) is 4. The SMILES string of the molecule is CCOC(=O)C1CCC[C@H]1P(CCP([C@@H]1CCC[C@@H]1C(=O)OCC)[C@H]1CCC[C@@H]1C(=O)OCC)[C@H]1CCCC1C(=O)OCC. The fourth-order valence-electron chi connectivity index (χ4n) is 8.83. The van der Waals surface area contributed by atoms with Gasteiger partial charge < -0.3 is 18.9 Å². The summed E-state index contributed by atoms with van der Waals surface area (Å²) in [6.07, 6.45) is 13.4. The summed E-state index contributed by atoms with van der Waals surface area (Å²) in [6.45, 7) is 9.01. The summed E-state index contributed by atoms with van der Waals surface area (Å²) in [5, 5.41) is 0. The van der Waals surface area contributed by atoms with Crippen LogP contribution < -0.4 is 0 Å². The molecule has 0 bridgehead atoms. The smallest absolute Gasteiger partial charge is 0.309 e. The van der Waals surface area contributed by atoms with E-state index in [2.05, 4.69) is 0 Å². The van der Waals surface area contributed by atoms with Crippen molar-refractivity contribution in [1.29, 1.82) is 0 Å². The summed E-state index contributed by atoms with van der Waals surface area (Å²) in [4.78, 5) is 52.8. The summed E-state index contributed by atoms with van der Waals surface area (Å²) in [7, 11) is -1.36. The Balaban J connectivity index is 1.65. The molecule has 10 heteroatoms. The van der Waals surface area contributed by atoms with Gasteiger partial charge in [0.25, 0.3) is 0 Å². The van der Waals surface area contributed by atoms with E-state index in [1.54, 1.807) is 0 Å². The summed E-state index contributed by atoms with van der Waals surface area (Å²) < 4.78 is 22.3. The van der Waals surface area contributed by atoms with Crippen LogP contribution in [-0.2, 0) is 38.1 Å². The molecule has 0 spiro atoms. The Kier molecular flexibility index (Phi) is 14.2. The Hall–Kier alpha value is -1.26. The minimum absolute atomic E-state index is 0.0771. The molecule has 0 aromatic heterocycles. The van der Waals surface area contributed by atoms with Crippen molar-refractivity contribution in [3.63, 3.8) is 0 Å². The molecule has 4 aliphatic carbocycles. The van der Waals surface area contributed by atoms with Crippen molar-refractivity contribution in [2.45, 2.75) is 127 Å². The molecular formula is C34H56O8P2. The van der Waals surface area contributed by atoms with Crippen LogP contribution in [0.25, 0.3) is 0 Å². The molecule has 4 rings (SSSR count). The predicted molar refractivity (Wildman–Crippen MR) is 175 cm³/mol. The van der Waals surface area contributed by atoms with Crippen molar-refractivity contribution in [3.05, 3.63) is 0 Å². The highest BCUT2D eigenvalue weighted by Crippen LogP contribution is 2.65. The van der Waals surface area contributed by atoms with E-state index in [0.29, 0.717) is 26.4 Å². The van der Waals surface area contributed by atoms with Gasteiger partial charge in [-0.25, -0.2) is 0 Å². The van der Waals surface area contributed by atoms with Crippen LogP contribution in [0.3, 0.4) is 0 Å². The third-order valence-corrected chi connectivity index (χ3v) is 18.3. The van der Waals surface area contributed by atoms with Gasteiger partial charge in [-0.1, -0.05) is 41.5 Å². The Morgan fingerprint density at radius 1 is 0.432 bits per heavy atom. The van der Waals surface area contributed by atoms with Gasteiger partial charge in [-0.3, -0.25) is 19.2 Å². The predicted octanol–water partition coefficient (Wildman–Crippen LogP) is 6.88. The third kappa shape index (κ3) is 8.36. The van der Waals surface area contributed by atoms with Crippen LogP contribution in [0.4, 0.5) is 0 Å². The van der Waals surface area contributed by atoms with Crippen molar-refractivity contribution in [1.82, 2.24) is 0 Å². The summed E-state index contributed by atoms with van der Waals surface area (Å²) in [6, 6.07) is 0. The zero-order chi connectivity index (χ0) is 31.6. The van der Waals surface area contributed by atoms with Crippen LogP contribution in [0.5, 0.6) is 0 Å². The second kappa shape index (κ2) is 17.6. The van der Waals surface area contributed by atoms with E-state index in [9.17, 15) is 19.2 Å². The lowest BCUT2D eigenvalue weighted by molar-refractivity contribution is -0.148. The van der Waals surface area contributed by atoms with E-state index in [-0.39, 0.29) is 70.2 Å². The van der Waals surface area contributed by atoms with Crippen molar-refractivity contribution in [2.75, 3.05) is 38.8 Å². The van der Waals surface area contributed by atoms with Crippen molar-refractivity contribution in [3.8, 4) is 0 Å². The fourth-order valence-corrected chi connectivity index (χ4v) is 18.0. The molecule has 4 fully saturated rings. The molecule has 4 saturated carbocycles. The first-order chi connectivity index (χ1) is 21.4. The normalized spacial score (nSPS) is 33.1. The number of hydrogen-bond acceptors (Lipinski definition) is 8. The van der Waals surface area contributed by atoms with Crippen LogP contribution in [0.1, 0.15) is 105 Å². The molecule has 0 aromatic carbocycles. The van der Waals surface area contributed by atoms with E-state index in [0.717, 1.165) is 89.4 Å². The molecule has 10 atom stereocenters.